The molecule has 0 aromatic heterocycles. The molecule has 2 atom stereocenters. The van der Waals surface area contributed by atoms with E-state index in [-0.39, 0.29) is 4.90 Å². The molecule has 0 spiro atoms. The Morgan fingerprint density at radius 3 is 2.14 bits per heavy atom. The number of alkyl halides is 6. The minimum absolute atomic E-state index is 0.0844. The highest BCUT2D eigenvalue weighted by Gasteiger charge is 2.72. The lowest BCUT2D eigenvalue weighted by Gasteiger charge is -2.39. The van der Waals surface area contributed by atoms with Gasteiger partial charge in [0.25, 0.3) is 0 Å². The molecule has 2 aliphatic heterocycles. The zero-order valence-corrected chi connectivity index (χ0v) is 11.8. The van der Waals surface area contributed by atoms with E-state index in [1.165, 1.54) is 20.8 Å². The number of halogens is 6. The lowest BCUT2D eigenvalue weighted by molar-refractivity contribution is -0.210. The molecule has 2 heterocycles. The molecule has 0 aromatic rings. The first-order valence-electron chi connectivity index (χ1n) is 6.28. The fourth-order valence-corrected chi connectivity index (χ4v) is 2.56. The Bertz CT molecular complexity index is 554. The van der Waals surface area contributed by atoms with Crippen LogP contribution in [0.1, 0.15) is 20.8 Å². The lowest BCUT2D eigenvalue weighted by Crippen LogP contribution is -2.59. The number of hydrogen-bond acceptors (Lipinski definition) is 2. The predicted octanol–water partition coefficient (Wildman–Crippen LogP) is 3.97. The van der Waals surface area contributed by atoms with Crippen LogP contribution in [0.2, 0.25) is 0 Å². The van der Waals surface area contributed by atoms with Crippen LogP contribution in [0.3, 0.4) is 0 Å². The van der Waals surface area contributed by atoms with Crippen LogP contribution in [0.4, 0.5) is 31.1 Å². The number of rotatable bonds is 0. The van der Waals surface area contributed by atoms with Gasteiger partial charge in [0.2, 0.25) is 0 Å². The molecule has 2 aliphatic rings. The van der Waals surface area contributed by atoms with Gasteiger partial charge in [0.15, 0.2) is 5.54 Å². The van der Waals surface area contributed by atoms with Crippen molar-refractivity contribution in [1.29, 1.82) is 0 Å². The van der Waals surface area contributed by atoms with Crippen LogP contribution in [-0.2, 0) is 4.74 Å². The molecule has 2 bridgehead atoms. The van der Waals surface area contributed by atoms with Crippen molar-refractivity contribution in [2.75, 3.05) is 0 Å². The molecule has 1 amide bonds. The fraction of sp³-hybridized carbons (Fsp3) is 0.615. The Kier molecular flexibility index (Phi) is 3.35. The van der Waals surface area contributed by atoms with Crippen LogP contribution >= 0.6 is 0 Å². The van der Waals surface area contributed by atoms with Gasteiger partial charge >= 0.3 is 18.4 Å². The first-order chi connectivity index (χ1) is 9.70. The summed E-state index contributed by atoms with van der Waals surface area (Å²) in [6, 6.07) is -1.44. The summed E-state index contributed by atoms with van der Waals surface area (Å²) in [4.78, 5) is 12.1. The summed E-state index contributed by atoms with van der Waals surface area (Å²) in [6.45, 7) is 4.23. The largest absolute Gasteiger partial charge is 0.444 e. The topological polar surface area (TPSA) is 29.5 Å². The zero-order valence-electron chi connectivity index (χ0n) is 11.8. The quantitative estimate of drug-likeness (QED) is 0.497. The van der Waals surface area contributed by atoms with Crippen LogP contribution in [0, 0.1) is 0 Å². The maximum absolute atomic E-state index is 13.4. The molecular formula is C13H13F6NO2. The Hall–Kier alpha value is -1.67. The Balaban J connectivity index is 2.50. The van der Waals surface area contributed by atoms with Crippen molar-refractivity contribution in [2.45, 2.75) is 50.3 Å². The molecule has 0 aliphatic carbocycles. The molecule has 0 radical (unpaired) electrons. The maximum atomic E-state index is 13.4. The SMILES string of the molecule is CC(C)(C)OC(=O)N1C2C=CC1(C(F)(F)F)C(C(F)(F)F)=C2. The molecule has 0 saturated heterocycles. The van der Waals surface area contributed by atoms with E-state index < -0.39 is 41.2 Å². The summed E-state index contributed by atoms with van der Waals surface area (Å²) in [5.74, 6) is 0. The molecule has 3 nitrogen and oxygen atoms in total. The van der Waals surface area contributed by atoms with Gasteiger partial charge in [0, 0.05) is 0 Å². The second-order valence-corrected chi connectivity index (χ2v) is 6.04. The van der Waals surface area contributed by atoms with Crippen LogP contribution in [0.25, 0.3) is 0 Å². The van der Waals surface area contributed by atoms with Gasteiger partial charge in [-0.1, -0.05) is 6.08 Å². The molecule has 0 fully saturated rings. The minimum Gasteiger partial charge on any atom is -0.444 e. The van der Waals surface area contributed by atoms with Crippen molar-refractivity contribution in [3.8, 4) is 0 Å². The number of hydrogen-bond donors (Lipinski definition) is 0. The summed E-state index contributed by atoms with van der Waals surface area (Å²) in [7, 11) is 0. The van der Waals surface area contributed by atoms with E-state index >= 15 is 0 Å². The molecule has 2 rings (SSSR count). The van der Waals surface area contributed by atoms with E-state index in [0.29, 0.717) is 12.2 Å². The van der Waals surface area contributed by atoms with Gasteiger partial charge < -0.3 is 4.74 Å². The Morgan fingerprint density at radius 1 is 1.18 bits per heavy atom. The molecule has 0 saturated carbocycles. The summed E-state index contributed by atoms with van der Waals surface area (Å²) >= 11 is 0. The second kappa shape index (κ2) is 4.42. The lowest BCUT2D eigenvalue weighted by atomic mass is 9.88. The molecule has 0 aromatic carbocycles. The highest BCUT2D eigenvalue weighted by atomic mass is 19.4. The average molecular weight is 329 g/mol. The number of ether oxygens (including phenoxy) is 1. The number of carbonyl (C=O) groups excluding carboxylic acids is 1. The molecule has 0 N–H and O–H groups in total. The van der Waals surface area contributed by atoms with Crippen LogP contribution in [0.15, 0.2) is 23.8 Å². The predicted molar refractivity (Wildman–Crippen MR) is 63.9 cm³/mol. The van der Waals surface area contributed by atoms with Crippen molar-refractivity contribution in [1.82, 2.24) is 4.90 Å². The maximum Gasteiger partial charge on any atom is 0.419 e. The van der Waals surface area contributed by atoms with Crippen molar-refractivity contribution < 1.29 is 35.9 Å². The van der Waals surface area contributed by atoms with Crippen LogP contribution in [0.5, 0.6) is 0 Å². The zero-order chi connectivity index (χ0) is 17.1. The van der Waals surface area contributed by atoms with E-state index in [0.717, 1.165) is 6.08 Å². The highest BCUT2D eigenvalue weighted by molar-refractivity contribution is 5.76. The van der Waals surface area contributed by atoms with Crippen molar-refractivity contribution in [3.63, 3.8) is 0 Å². The number of fused-ring (bicyclic) bond motifs is 2. The number of carbonyl (C=O) groups is 1. The summed E-state index contributed by atoms with van der Waals surface area (Å²) < 4.78 is 84.1. The molecule has 22 heavy (non-hydrogen) atoms. The second-order valence-electron chi connectivity index (χ2n) is 6.04. The van der Waals surface area contributed by atoms with Crippen molar-refractivity contribution in [2.24, 2.45) is 0 Å². The third kappa shape index (κ3) is 2.36. The Labute approximate surface area is 122 Å². The molecule has 9 heteroatoms. The van der Waals surface area contributed by atoms with Gasteiger partial charge in [-0.2, -0.15) is 26.3 Å². The van der Waals surface area contributed by atoms with Crippen molar-refractivity contribution >= 4 is 6.09 Å². The summed E-state index contributed by atoms with van der Waals surface area (Å²) in [5, 5.41) is 0. The molecule has 124 valence electrons. The van der Waals surface area contributed by atoms with E-state index in [9.17, 15) is 31.1 Å². The van der Waals surface area contributed by atoms with Crippen LogP contribution in [-0.4, -0.2) is 40.5 Å². The van der Waals surface area contributed by atoms with Gasteiger partial charge in [-0.25, -0.2) is 4.79 Å². The third-order valence-electron chi connectivity index (χ3n) is 3.29. The first-order valence-corrected chi connectivity index (χ1v) is 6.28. The summed E-state index contributed by atoms with van der Waals surface area (Å²) in [5.41, 5.74) is -6.48. The van der Waals surface area contributed by atoms with E-state index in [4.69, 9.17) is 4.74 Å². The smallest absolute Gasteiger partial charge is 0.419 e. The monoisotopic (exact) mass is 329 g/mol. The standard InChI is InChI=1S/C13H13F6NO2/c1-10(2,3)22-9(21)20-7-4-5-11(20,13(17,18)19)8(6-7)12(14,15)16/h4-7H,1-3H3. The van der Waals surface area contributed by atoms with E-state index in [1.807, 2.05) is 0 Å². The number of amides is 1. The van der Waals surface area contributed by atoms with Crippen molar-refractivity contribution in [3.05, 3.63) is 23.8 Å². The van der Waals surface area contributed by atoms with E-state index in [1.54, 1.807) is 0 Å². The van der Waals surface area contributed by atoms with Gasteiger partial charge in [0.1, 0.15) is 5.60 Å². The summed E-state index contributed by atoms with van der Waals surface area (Å²) in [6.07, 6.45) is -10.3. The van der Waals surface area contributed by atoms with E-state index in [2.05, 4.69) is 0 Å². The highest BCUT2D eigenvalue weighted by Crippen LogP contribution is 2.55. The fourth-order valence-electron chi connectivity index (χ4n) is 2.56. The van der Waals surface area contributed by atoms with Gasteiger partial charge in [0.05, 0.1) is 11.6 Å². The average Bonchev–Trinajstić information content (AvgIpc) is 2.77. The van der Waals surface area contributed by atoms with Gasteiger partial charge in [-0.05, 0) is 32.9 Å². The first kappa shape index (κ1) is 16.7. The normalized spacial score (nSPS) is 28.1. The molecule has 2 unspecified atom stereocenters. The Morgan fingerprint density at radius 2 is 1.73 bits per heavy atom. The number of nitrogens with zero attached hydrogens (tertiary/aromatic N) is 1. The van der Waals surface area contributed by atoms with Gasteiger partial charge in [-0.3, -0.25) is 4.90 Å². The molecular weight excluding hydrogens is 316 g/mol. The minimum atomic E-state index is -5.33. The van der Waals surface area contributed by atoms with Crippen LogP contribution < -0.4 is 0 Å². The third-order valence-corrected chi connectivity index (χ3v) is 3.29. The van der Waals surface area contributed by atoms with Gasteiger partial charge in [-0.15, -0.1) is 0 Å².